The maximum absolute atomic E-state index is 13.4. The molecule has 4 nitrogen and oxygen atoms in total. The highest BCUT2D eigenvalue weighted by atomic mass is 19.1. The lowest BCUT2D eigenvalue weighted by Gasteiger charge is -2.30. The molecule has 1 heterocycles. The summed E-state index contributed by atoms with van der Waals surface area (Å²) >= 11 is 0. The molecular formula is C15H21FN2O2. The van der Waals surface area contributed by atoms with Gasteiger partial charge in [-0.25, -0.2) is 9.18 Å². The molecule has 1 aromatic carbocycles. The molecule has 2 atom stereocenters. The average molecular weight is 280 g/mol. The molecule has 110 valence electrons. The molecule has 0 unspecified atom stereocenters. The van der Waals surface area contributed by atoms with E-state index < -0.39 is 11.7 Å². The lowest BCUT2D eigenvalue weighted by molar-refractivity contribution is 0.0218. The summed E-state index contributed by atoms with van der Waals surface area (Å²) in [6.07, 6.45) is 0.278. The number of amides is 1. The SMILES string of the molecule is CC(C)(C)OC(=O)N1CC[C@@H](N)[C@H]1c1cccc(F)c1. The Kier molecular flexibility index (Phi) is 3.99. The van der Waals surface area contributed by atoms with E-state index in [4.69, 9.17) is 10.5 Å². The van der Waals surface area contributed by atoms with Crippen LogP contribution < -0.4 is 5.73 Å². The zero-order valence-electron chi connectivity index (χ0n) is 12.1. The molecule has 0 spiro atoms. The molecule has 1 aromatic rings. The molecule has 20 heavy (non-hydrogen) atoms. The van der Waals surface area contributed by atoms with E-state index in [0.29, 0.717) is 18.5 Å². The lowest BCUT2D eigenvalue weighted by Crippen LogP contribution is -2.39. The van der Waals surface area contributed by atoms with Crippen molar-refractivity contribution in [1.82, 2.24) is 4.90 Å². The number of halogens is 1. The van der Waals surface area contributed by atoms with E-state index in [1.165, 1.54) is 12.1 Å². The van der Waals surface area contributed by atoms with Crippen molar-refractivity contribution in [2.24, 2.45) is 5.73 Å². The highest BCUT2D eigenvalue weighted by Gasteiger charge is 2.38. The number of benzene rings is 1. The molecule has 0 radical (unpaired) electrons. The molecule has 1 aliphatic rings. The van der Waals surface area contributed by atoms with E-state index in [0.717, 1.165) is 0 Å². The zero-order valence-corrected chi connectivity index (χ0v) is 12.1. The van der Waals surface area contributed by atoms with Gasteiger partial charge in [-0.3, -0.25) is 4.90 Å². The minimum absolute atomic E-state index is 0.204. The first-order valence-corrected chi connectivity index (χ1v) is 6.78. The second-order valence-electron chi connectivity index (χ2n) is 6.13. The number of carbonyl (C=O) groups excluding carboxylic acids is 1. The van der Waals surface area contributed by atoms with Crippen LogP contribution in [0.2, 0.25) is 0 Å². The predicted octanol–water partition coefficient (Wildman–Crippen LogP) is 2.83. The first-order chi connectivity index (χ1) is 9.28. The Balaban J connectivity index is 2.23. The van der Waals surface area contributed by atoms with Crippen LogP contribution in [0.15, 0.2) is 24.3 Å². The van der Waals surface area contributed by atoms with Crippen LogP contribution in [0.4, 0.5) is 9.18 Å². The Morgan fingerprint density at radius 1 is 1.45 bits per heavy atom. The van der Waals surface area contributed by atoms with E-state index in [1.54, 1.807) is 17.0 Å². The van der Waals surface area contributed by atoms with Gasteiger partial charge in [0.1, 0.15) is 11.4 Å². The molecule has 1 amide bonds. The number of nitrogens with two attached hydrogens (primary N) is 1. The van der Waals surface area contributed by atoms with Gasteiger partial charge >= 0.3 is 6.09 Å². The Bertz CT molecular complexity index is 499. The van der Waals surface area contributed by atoms with Gasteiger partial charge < -0.3 is 10.5 Å². The predicted molar refractivity (Wildman–Crippen MR) is 74.7 cm³/mol. The highest BCUT2D eigenvalue weighted by molar-refractivity contribution is 5.69. The van der Waals surface area contributed by atoms with Crippen molar-refractivity contribution < 1.29 is 13.9 Å². The molecule has 0 bridgehead atoms. The van der Waals surface area contributed by atoms with Crippen molar-refractivity contribution in [3.05, 3.63) is 35.6 Å². The molecular weight excluding hydrogens is 259 g/mol. The standard InChI is InChI=1S/C15H21FN2O2/c1-15(2,3)20-14(19)18-8-7-12(17)13(18)10-5-4-6-11(16)9-10/h4-6,9,12-13H,7-8,17H2,1-3H3/t12-,13-/m1/s1. The highest BCUT2D eigenvalue weighted by Crippen LogP contribution is 2.32. The third-order valence-corrected chi connectivity index (χ3v) is 3.26. The maximum Gasteiger partial charge on any atom is 0.410 e. The third kappa shape index (κ3) is 3.28. The molecule has 2 N–H and O–H groups in total. The van der Waals surface area contributed by atoms with E-state index in [2.05, 4.69) is 0 Å². The third-order valence-electron chi connectivity index (χ3n) is 3.26. The van der Waals surface area contributed by atoms with Gasteiger partial charge in [0, 0.05) is 12.6 Å². The number of hydrogen-bond donors (Lipinski definition) is 1. The molecule has 1 saturated heterocycles. The van der Waals surface area contributed by atoms with Gasteiger partial charge in [-0.1, -0.05) is 12.1 Å². The Morgan fingerprint density at radius 2 is 2.15 bits per heavy atom. The summed E-state index contributed by atoms with van der Waals surface area (Å²) in [5.41, 5.74) is 6.23. The molecule has 0 aromatic heterocycles. The van der Waals surface area contributed by atoms with Crippen molar-refractivity contribution in [2.75, 3.05) is 6.54 Å². The average Bonchev–Trinajstić information content (AvgIpc) is 2.69. The Hall–Kier alpha value is -1.62. The van der Waals surface area contributed by atoms with Gasteiger partial charge in [0.05, 0.1) is 6.04 Å². The van der Waals surface area contributed by atoms with Crippen molar-refractivity contribution >= 4 is 6.09 Å². The van der Waals surface area contributed by atoms with E-state index >= 15 is 0 Å². The minimum atomic E-state index is -0.559. The Labute approximate surface area is 118 Å². The largest absolute Gasteiger partial charge is 0.444 e. The van der Waals surface area contributed by atoms with Gasteiger partial charge in [0.15, 0.2) is 0 Å². The van der Waals surface area contributed by atoms with Crippen LogP contribution in [0.25, 0.3) is 0 Å². The van der Waals surface area contributed by atoms with Crippen LogP contribution in [0.5, 0.6) is 0 Å². The summed E-state index contributed by atoms with van der Waals surface area (Å²) in [7, 11) is 0. The second-order valence-corrected chi connectivity index (χ2v) is 6.13. The number of nitrogens with zero attached hydrogens (tertiary/aromatic N) is 1. The molecule has 0 aliphatic carbocycles. The molecule has 0 saturated carbocycles. The second kappa shape index (κ2) is 5.40. The van der Waals surface area contributed by atoms with Crippen molar-refractivity contribution in [3.63, 3.8) is 0 Å². The monoisotopic (exact) mass is 280 g/mol. The van der Waals surface area contributed by atoms with E-state index in [-0.39, 0.29) is 17.9 Å². The number of hydrogen-bond acceptors (Lipinski definition) is 3. The van der Waals surface area contributed by atoms with Crippen LogP contribution in [0, 0.1) is 5.82 Å². The smallest absolute Gasteiger partial charge is 0.410 e. The Morgan fingerprint density at radius 3 is 2.75 bits per heavy atom. The lowest BCUT2D eigenvalue weighted by atomic mass is 10.0. The topological polar surface area (TPSA) is 55.6 Å². The van der Waals surface area contributed by atoms with Crippen molar-refractivity contribution in [3.8, 4) is 0 Å². The normalized spacial score (nSPS) is 22.9. The summed E-state index contributed by atoms with van der Waals surface area (Å²) in [6.45, 7) is 5.98. The van der Waals surface area contributed by atoms with Gasteiger partial charge in [0.2, 0.25) is 0 Å². The van der Waals surface area contributed by atoms with E-state index in [1.807, 2.05) is 20.8 Å². The van der Waals surface area contributed by atoms with Crippen LogP contribution in [-0.2, 0) is 4.74 Å². The van der Waals surface area contributed by atoms with Crippen LogP contribution >= 0.6 is 0 Å². The zero-order chi connectivity index (χ0) is 14.9. The summed E-state index contributed by atoms with van der Waals surface area (Å²) in [4.78, 5) is 13.8. The number of likely N-dealkylation sites (tertiary alicyclic amines) is 1. The quantitative estimate of drug-likeness (QED) is 0.860. The molecule has 1 aliphatic heterocycles. The molecule has 5 heteroatoms. The van der Waals surface area contributed by atoms with Crippen LogP contribution in [0.1, 0.15) is 38.8 Å². The van der Waals surface area contributed by atoms with E-state index in [9.17, 15) is 9.18 Å². The number of ether oxygens (including phenoxy) is 1. The molecule has 2 rings (SSSR count). The minimum Gasteiger partial charge on any atom is -0.444 e. The summed E-state index contributed by atoms with van der Waals surface area (Å²) in [6, 6.07) is 5.68. The van der Waals surface area contributed by atoms with Gasteiger partial charge in [-0.2, -0.15) is 0 Å². The van der Waals surface area contributed by atoms with Gasteiger partial charge in [-0.05, 0) is 44.9 Å². The fourth-order valence-electron chi connectivity index (χ4n) is 2.46. The van der Waals surface area contributed by atoms with Crippen LogP contribution in [-0.4, -0.2) is 29.2 Å². The van der Waals surface area contributed by atoms with Gasteiger partial charge in [-0.15, -0.1) is 0 Å². The first-order valence-electron chi connectivity index (χ1n) is 6.78. The van der Waals surface area contributed by atoms with Crippen molar-refractivity contribution in [2.45, 2.75) is 44.9 Å². The number of rotatable bonds is 1. The first kappa shape index (κ1) is 14.8. The fourth-order valence-corrected chi connectivity index (χ4v) is 2.46. The number of carbonyl (C=O) groups is 1. The maximum atomic E-state index is 13.4. The van der Waals surface area contributed by atoms with Crippen LogP contribution in [0.3, 0.4) is 0 Å². The summed E-state index contributed by atoms with van der Waals surface area (Å²) in [5, 5.41) is 0. The summed E-state index contributed by atoms with van der Waals surface area (Å²) in [5.74, 6) is -0.328. The fraction of sp³-hybridized carbons (Fsp3) is 0.533. The summed E-state index contributed by atoms with van der Waals surface area (Å²) < 4.78 is 18.8. The van der Waals surface area contributed by atoms with Gasteiger partial charge in [0.25, 0.3) is 0 Å². The van der Waals surface area contributed by atoms with Crippen molar-refractivity contribution in [1.29, 1.82) is 0 Å². The molecule has 1 fully saturated rings.